The predicted octanol–water partition coefficient (Wildman–Crippen LogP) is 2.23. The van der Waals surface area contributed by atoms with Crippen LogP contribution in [0.2, 0.25) is 0 Å². The van der Waals surface area contributed by atoms with Crippen molar-refractivity contribution in [2.75, 3.05) is 0 Å². The Hall–Kier alpha value is -1.80. The molecule has 0 saturated heterocycles. The number of aromatic hydroxyl groups is 1. The molecule has 5 heteroatoms. The summed E-state index contributed by atoms with van der Waals surface area (Å²) >= 11 is -2.35. The number of rotatable bonds is 2. The van der Waals surface area contributed by atoms with E-state index in [1.54, 1.807) is 24.3 Å². The molecule has 3 rings (SSSR count). The summed E-state index contributed by atoms with van der Waals surface area (Å²) in [6.07, 6.45) is 0. The Morgan fingerprint density at radius 3 is 2.12 bits per heavy atom. The summed E-state index contributed by atoms with van der Waals surface area (Å²) in [4.78, 5) is 0. The molecule has 1 N–H and O–H groups in total. The molecule has 1 aliphatic rings. The number of hydrogen-bond acceptors (Lipinski definition) is 4. The molecule has 0 unspecified atom stereocenters. The maximum absolute atomic E-state index is 9.58. The zero-order chi connectivity index (χ0) is 11.7. The summed E-state index contributed by atoms with van der Waals surface area (Å²) in [5, 5.41) is 9.58. The van der Waals surface area contributed by atoms with Gasteiger partial charge in [-0.1, -0.05) is 0 Å². The molecule has 86 valence electrons. The maximum atomic E-state index is 9.58. The summed E-state index contributed by atoms with van der Waals surface area (Å²) in [6.45, 7) is 0. The van der Waals surface area contributed by atoms with E-state index < -0.39 is 15.7 Å². The van der Waals surface area contributed by atoms with Crippen molar-refractivity contribution in [2.45, 2.75) is 0 Å². The first-order valence-electron chi connectivity index (χ1n) is 5.04. The Balaban J connectivity index is 1.76. The van der Waals surface area contributed by atoms with Crippen LogP contribution in [0.5, 0.6) is 23.0 Å². The van der Waals surface area contributed by atoms with Crippen molar-refractivity contribution >= 4 is 15.7 Å². The second kappa shape index (κ2) is 4.22. The third-order valence-corrected chi connectivity index (χ3v) is 4.41. The Kier molecular flexibility index (Phi) is 2.57. The van der Waals surface area contributed by atoms with Crippen molar-refractivity contribution in [2.24, 2.45) is 0 Å². The molecule has 0 fully saturated rings. The molecule has 1 heterocycles. The molecule has 0 bridgehead atoms. The van der Waals surface area contributed by atoms with Crippen molar-refractivity contribution in [1.82, 2.24) is 0 Å². The van der Waals surface area contributed by atoms with Crippen LogP contribution in [-0.4, -0.2) is 20.8 Å². The fourth-order valence-electron chi connectivity index (χ4n) is 1.43. The van der Waals surface area contributed by atoms with Gasteiger partial charge in [-0.25, -0.2) is 0 Å². The second-order valence-corrected chi connectivity index (χ2v) is 5.50. The van der Waals surface area contributed by atoms with Crippen LogP contribution in [-0.2, 0) is 0 Å². The normalized spacial score (nSPS) is 13.6. The minimum atomic E-state index is -2.35. The Morgan fingerprint density at radius 1 is 0.882 bits per heavy atom. The zero-order valence-corrected chi connectivity index (χ0v) is 10.6. The molecule has 0 radical (unpaired) electrons. The van der Waals surface area contributed by atoms with Crippen LogP contribution in [0.25, 0.3) is 0 Å². The van der Waals surface area contributed by atoms with Gasteiger partial charge in [0.2, 0.25) is 0 Å². The van der Waals surface area contributed by atoms with E-state index in [0.29, 0.717) is 17.2 Å². The van der Waals surface area contributed by atoms with Crippen LogP contribution in [0.4, 0.5) is 0 Å². The van der Waals surface area contributed by atoms with Crippen LogP contribution in [0.3, 0.4) is 0 Å². The van der Waals surface area contributed by atoms with Gasteiger partial charge in [0, 0.05) is 0 Å². The summed E-state index contributed by atoms with van der Waals surface area (Å²) in [7, 11) is 0. The first kappa shape index (κ1) is 10.4. The minimum absolute atomic E-state index is 0.0880. The molecule has 0 aromatic heterocycles. The summed E-state index contributed by atoms with van der Waals surface area (Å²) in [5.41, 5.74) is 0. The standard InChI is InChI=1S/C12H9AsO4/c14-9-5-1-2-6-10(9)15-13-16-11-7-3-4-8-12(11)17-13/h1-8,14H. The number of phenols is 1. The molecule has 0 spiro atoms. The summed E-state index contributed by atoms with van der Waals surface area (Å²) < 4.78 is 16.7. The number of benzene rings is 2. The predicted molar refractivity (Wildman–Crippen MR) is 62.2 cm³/mol. The van der Waals surface area contributed by atoms with Gasteiger partial charge < -0.3 is 0 Å². The summed E-state index contributed by atoms with van der Waals surface area (Å²) in [6, 6.07) is 14.2. The molecule has 0 atom stereocenters. The van der Waals surface area contributed by atoms with Crippen LogP contribution < -0.4 is 11.2 Å². The monoisotopic (exact) mass is 292 g/mol. The molecule has 1 aliphatic heterocycles. The van der Waals surface area contributed by atoms with E-state index in [1.165, 1.54) is 0 Å². The van der Waals surface area contributed by atoms with Gasteiger partial charge in [-0.2, -0.15) is 0 Å². The Bertz CT molecular complexity index is 519. The Labute approximate surface area is 104 Å². The van der Waals surface area contributed by atoms with Gasteiger partial charge in [-0.05, 0) is 0 Å². The quantitative estimate of drug-likeness (QED) is 0.862. The fourth-order valence-corrected chi connectivity index (χ4v) is 3.63. The van der Waals surface area contributed by atoms with Gasteiger partial charge in [-0.3, -0.25) is 0 Å². The number of fused-ring (bicyclic) bond motifs is 1. The van der Waals surface area contributed by atoms with Gasteiger partial charge in [0.25, 0.3) is 0 Å². The average Bonchev–Trinajstić information content (AvgIpc) is 2.74. The molecule has 17 heavy (non-hydrogen) atoms. The third-order valence-electron chi connectivity index (χ3n) is 2.23. The molecule has 2 aromatic rings. The topological polar surface area (TPSA) is 47.9 Å². The fraction of sp³-hybridized carbons (Fsp3) is 0. The van der Waals surface area contributed by atoms with Crippen LogP contribution in [0, 0.1) is 0 Å². The van der Waals surface area contributed by atoms with E-state index >= 15 is 0 Å². The zero-order valence-electron chi connectivity index (χ0n) is 8.74. The SMILES string of the molecule is Oc1ccccc1O[As]1Oc2ccccc2O1. The second-order valence-electron chi connectivity index (χ2n) is 3.41. The van der Waals surface area contributed by atoms with Gasteiger partial charge in [0.1, 0.15) is 0 Å². The first-order chi connectivity index (χ1) is 8.33. The molecule has 0 saturated carbocycles. The van der Waals surface area contributed by atoms with E-state index in [4.69, 9.17) is 11.2 Å². The van der Waals surface area contributed by atoms with Gasteiger partial charge >= 0.3 is 103 Å². The van der Waals surface area contributed by atoms with E-state index in [-0.39, 0.29) is 5.75 Å². The van der Waals surface area contributed by atoms with Crippen LogP contribution >= 0.6 is 0 Å². The molecule has 4 nitrogen and oxygen atoms in total. The van der Waals surface area contributed by atoms with Crippen molar-refractivity contribution in [3.63, 3.8) is 0 Å². The van der Waals surface area contributed by atoms with Crippen LogP contribution in [0.1, 0.15) is 0 Å². The molecule has 0 aliphatic carbocycles. The van der Waals surface area contributed by atoms with E-state index in [0.717, 1.165) is 0 Å². The third kappa shape index (κ3) is 2.04. The Morgan fingerprint density at radius 2 is 1.47 bits per heavy atom. The molecular weight excluding hydrogens is 283 g/mol. The van der Waals surface area contributed by atoms with Gasteiger partial charge in [-0.15, -0.1) is 0 Å². The van der Waals surface area contributed by atoms with Crippen molar-refractivity contribution < 1.29 is 16.3 Å². The van der Waals surface area contributed by atoms with E-state index in [9.17, 15) is 5.11 Å². The average molecular weight is 292 g/mol. The van der Waals surface area contributed by atoms with Gasteiger partial charge in [0.05, 0.1) is 0 Å². The molecule has 2 aromatic carbocycles. The van der Waals surface area contributed by atoms with E-state index in [1.807, 2.05) is 24.3 Å². The molecular formula is C12H9AsO4. The number of hydrogen-bond donors (Lipinski definition) is 1. The van der Waals surface area contributed by atoms with E-state index in [2.05, 4.69) is 0 Å². The van der Waals surface area contributed by atoms with Crippen LogP contribution in [0.15, 0.2) is 48.5 Å². The number of para-hydroxylation sites is 4. The van der Waals surface area contributed by atoms with Crippen molar-refractivity contribution in [1.29, 1.82) is 0 Å². The van der Waals surface area contributed by atoms with Gasteiger partial charge in [0.15, 0.2) is 0 Å². The number of phenolic OH excluding ortho intramolecular Hbond substituents is 1. The first-order valence-corrected chi connectivity index (χ1v) is 7.34. The molecule has 0 amide bonds. The van der Waals surface area contributed by atoms with Crippen molar-refractivity contribution in [3.8, 4) is 23.0 Å². The van der Waals surface area contributed by atoms with Crippen molar-refractivity contribution in [3.05, 3.63) is 48.5 Å². The summed E-state index contributed by atoms with van der Waals surface area (Å²) in [5.74, 6) is 1.87.